The number of anilines is 1. The third kappa shape index (κ3) is 3.52. The van der Waals surface area contributed by atoms with E-state index in [0.29, 0.717) is 12.2 Å². The number of hydrogen-bond donors (Lipinski definition) is 1. The maximum Gasteiger partial charge on any atom is 0.413 e. The van der Waals surface area contributed by atoms with E-state index in [2.05, 4.69) is 4.90 Å². The highest BCUT2D eigenvalue weighted by Gasteiger charge is 2.20. The number of carboxylic acid groups (broad SMARTS) is 1. The molecule has 6 heteroatoms. The van der Waals surface area contributed by atoms with Crippen molar-refractivity contribution < 1.29 is 19.4 Å². The molecule has 6 nitrogen and oxygen atoms in total. The molecule has 1 aliphatic heterocycles. The molecule has 1 amide bonds. The van der Waals surface area contributed by atoms with Crippen LogP contribution in [0.25, 0.3) is 0 Å². The Morgan fingerprint density at radius 2 is 2.00 bits per heavy atom. The van der Waals surface area contributed by atoms with Gasteiger partial charge in [0.15, 0.2) is 0 Å². The molecule has 114 valence electrons. The Bertz CT molecular complexity index is 538. The van der Waals surface area contributed by atoms with E-state index in [1.807, 2.05) is 0 Å². The van der Waals surface area contributed by atoms with Crippen LogP contribution >= 0.6 is 0 Å². The number of ether oxygens (including phenoxy) is 1. The molecule has 1 heterocycles. The summed E-state index contributed by atoms with van der Waals surface area (Å²) in [5.74, 6) is -1.01. The molecule has 0 aliphatic carbocycles. The fraction of sp³-hybridized carbons (Fsp3) is 0.467. The molecular formula is C15H20N2O4. The van der Waals surface area contributed by atoms with Gasteiger partial charge in [0.25, 0.3) is 0 Å². The molecule has 0 radical (unpaired) electrons. The van der Waals surface area contributed by atoms with Gasteiger partial charge in [0.05, 0.1) is 18.4 Å². The van der Waals surface area contributed by atoms with Crippen molar-refractivity contribution in [3.05, 3.63) is 29.3 Å². The van der Waals surface area contributed by atoms with E-state index >= 15 is 0 Å². The number of hydrogen-bond acceptors (Lipinski definition) is 4. The highest BCUT2D eigenvalue weighted by atomic mass is 16.5. The highest BCUT2D eigenvalue weighted by Crippen LogP contribution is 2.25. The second kappa shape index (κ2) is 6.58. The molecular weight excluding hydrogens is 272 g/mol. The fourth-order valence-corrected chi connectivity index (χ4v) is 2.56. The SMILES string of the molecule is COC(=O)N(C)c1cc(C(=O)O)ccc1CN1CCCC1. The molecule has 2 rings (SSSR count). The third-order valence-corrected chi connectivity index (χ3v) is 3.73. The zero-order valence-corrected chi connectivity index (χ0v) is 12.3. The summed E-state index contributed by atoms with van der Waals surface area (Å²) in [7, 11) is 2.89. The first kappa shape index (κ1) is 15.3. The van der Waals surface area contributed by atoms with E-state index in [9.17, 15) is 9.59 Å². The standard InChI is InChI=1S/C15H20N2O4/c1-16(15(20)21-2)13-9-11(14(18)19)5-6-12(13)10-17-7-3-4-8-17/h5-6,9H,3-4,7-8,10H2,1-2H3,(H,18,19). The number of rotatable bonds is 4. The summed E-state index contributed by atoms with van der Waals surface area (Å²) in [4.78, 5) is 26.5. The quantitative estimate of drug-likeness (QED) is 0.921. The van der Waals surface area contributed by atoms with E-state index in [-0.39, 0.29) is 5.56 Å². The lowest BCUT2D eigenvalue weighted by molar-refractivity contribution is 0.0696. The van der Waals surface area contributed by atoms with Crippen molar-refractivity contribution >= 4 is 17.7 Å². The van der Waals surface area contributed by atoms with Crippen LogP contribution in [0.15, 0.2) is 18.2 Å². The van der Waals surface area contributed by atoms with Crippen LogP contribution in [0.2, 0.25) is 0 Å². The van der Waals surface area contributed by atoms with Crippen molar-refractivity contribution in [1.82, 2.24) is 4.90 Å². The van der Waals surface area contributed by atoms with Crippen molar-refractivity contribution in [3.8, 4) is 0 Å². The zero-order valence-electron chi connectivity index (χ0n) is 12.3. The maximum atomic E-state index is 11.7. The van der Waals surface area contributed by atoms with Gasteiger partial charge in [-0.1, -0.05) is 6.07 Å². The van der Waals surface area contributed by atoms with Crippen molar-refractivity contribution in [2.45, 2.75) is 19.4 Å². The normalized spacial score (nSPS) is 15.0. The van der Waals surface area contributed by atoms with E-state index in [1.54, 1.807) is 19.2 Å². The number of methoxy groups -OCH3 is 1. The molecule has 1 aromatic carbocycles. The Balaban J connectivity index is 2.33. The van der Waals surface area contributed by atoms with E-state index in [0.717, 1.165) is 18.7 Å². The van der Waals surface area contributed by atoms with Crippen LogP contribution in [0.5, 0.6) is 0 Å². The number of nitrogens with zero attached hydrogens (tertiary/aromatic N) is 2. The molecule has 1 aromatic rings. The van der Waals surface area contributed by atoms with Gasteiger partial charge in [-0.3, -0.25) is 9.80 Å². The third-order valence-electron chi connectivity index (χ3n) is 3.73. The van der Waals surface area contributed by atoms with Crippen LogP contribution in [0.1, 0.15) is 28.8 Å². The number of carbonyl (C=O) groups excluding carboxylic acids is 1. The van der Waals surface area contributed by atoms with E-state index < -0.39 is 12.1 Å². The van der Waals surface area contributed by atoms with Crippen LogP contribution in [0.3, 0.4) is 0 Å². The number of likely N-dealkylation sites (tertiary alicyclic amines) is 1. The van der Waals surface area contributed by atoms with E-state index in [4.69, 9.17) is 9.84 Å². The largest absolute Gasteiger partial charge is 0.478 e. The smallest absolute Gasteiger partial charge is 0.413 e. The van der Waals surface area contributed by atoms with Gasteiger partial charge < -0.3 is 9.84 Å². The molecule has 0 aromatic heterocycles. The first-order valence-electron chi connectivity index (χ1n) is 6.93. The minimum Gasteiger partial charge on any atom is -0.478 e. The average molecular weight is 292 g/mol. The molecule has 0 atom stereocenters. The first-order chi connectivity index (χ1) is 10.0. The van der Waals surface area contributed by atoms with Crippen molar-refractivity contribution in [3.63, 3.8) is 0 Å². The van der Waals surface area contributed by atoms with Gasteiger partial charge in [0.2, 0.25) is 0 Å². The Hall–Kier alpha value is -2.08. The molecule has 0 unspecified atom stereocenters. The minimum absolute atomic E-state index is 0.158. The summed E-state index contributed by atoms with van der Waals surface area (Å²) in [5, 5.41) is 9.12. The number of benzene rings is 1. The van der Waals surface area contributed by atoms with Crippen LogP contribution in [-0.2, 0) is 11.3 Å². The maximum absolute atomic E-state index is 11.7. The Labute approximate surface area is 123 Å². The Morgan fingerprint density at radius 1 is 1.33 bits per heavy atom. The summed E-state index contributed by atoms with van der Waals surface area (Å²) in [5.41, 5.74) is 1.66. The second-order valence-corrected chi connectivity index (χ2v) is 5.16. The Morgan fingerprint density at radius 3 is 2.57 bits per heavy atom. The molecule has 1 fully saturated rings. The predicted molar refractivity (Wildman–Crippen MR) is 78.7 cm³/mol. The lowest BCUT2D eigenvalue weighted by atomic mass is 10.1. The van der Waals surface area contributed by atoms with Gasteiger partial charge >= 0.3 is 12.1 Å². The Kier molecular flexibility index (Phi) is 4.80. The predicted octanol–water partition coefficient (Wildman–Crippen LogP) is 2.18. The van der Waals surface area contributed by atoms with E-state index in [1.165, 1.54) is 30.9 Å². The summed E-state index contributed by atoms with van der Waals surface area (Å²) in [6.07, 6.45) is 1.84. The number of carbonyl (C=O) groups is 2. The van der Waals surface area contributed by atoms with Gasteiger partial charge in [0.1, 0.15) is 0 Å². The van der Waals surface area contributed by atoms with Crippen molar-refractivity contribution in [2.24, 2.45) is 0 Å². The second-order valence-electron chi connectivity index (χ2n) is 5.16. The lowest BCUT2D eigenvalue weighted by Crippen LogP contribution is -2.28. The van der Waals surface area contributed by atoms with Gasteiger partial charge in [-0.25, -0.2) is 9.59 Å². The minimum atomic E-state index is -1.01. The fourth-order valence-electron chi connectivity index (χ4n) is 2.56. The number of carboxylic acids is 1. The van der Waals surface area contributed by atoms with Gasteiger partial charge in [-0.2, -0.15) is 0 Å². The van der Waals surface area contributed by atoms with Gasteiger partial charge in [0, 0.05) is 13.6 Å². The summed E-state index contributed by atoms with van der Waals surface area (Å²) in [6.45, 7) is 2.76. The molecule has 21 heavy (non-hydrogen) atoms. The topological polar surface area (TPSA) is 70.1 Å². The van der Waals surface area contributed by atoms with Crippen LogP contribution in [0, 0.1) is 0 Å². The average Bonchev–Trinajstić information content (AvgIpc) is 2.98. The summed E-state index contributed by atoms with van der Waals surface area (Å²) < 4.78 is 4.72. The van der Waals surface area contributed by atoms with Crippen molar-refractivity contribution in [2.75, 3.05) is 32.1 Å². The van der Waals surface area contributed by atoms with Gasteiger partial charge in [-0.05, 0) is 43.6 Å². The molecule has 1 saturated heterocycles. The van der Waals surface area contributed by atoms with Crippen LogP contribution in [-0.4, -0.2) is 49.3 Å². The summed E-state index contributed by atoms with van der Waals surface area (Å²) >= 11 is 0. The molecule has 0 bridgehead atoms. The number of amides is 1. The first-order valence-corrected chi connectivity index (χ1v) is 6.93. The molecule has 0 spiro atoms. The van der Waals surface area contributed by atoms with Crippen LogP contribution in [0.4, 0.5) is 10.5 Å². The molecule has 0 saturated carbocycles. The van der Waals surface area contributed by atoms with Gasteiger partial charge in [-0.15, -0.1) is 0 Å². The van der Waals surface area contributed by atoms with Crippen molar-refractivity contribution in [1.29, 1.82) is 0 Å². The van der Waals surface area contributed by atoms with Crippen LogP contribution < -0.4 is 4.90 Å². The number of aromatic carboxylic acids is 1. The summed E-state index contributed by atoms with van der Waals surface area (Å²) in [6, 6.07) is 4.86. The highest BCUT2D eigenvalue weighted by molar-refractivity contribution is 5.93. The lowest BCUT2D eigenvalue weighted by Gasteiger charge is -2.23. The monoisotopic (exact) mass is 292 g/mol. The molecule has 1 N–H and O–H groups in total. The molecule has 1 aliphatic rings. The zero-order chi connectivity index (χ0) is 15.4.